The van der Waals surface area contributed by atoms with E-state index in [0.717, 1.165) is 17.4 Å². The third-order valence-corrected chi connectivity index (χ3v) is 3.27. The van der Waals surface area contributed by atoms with Crippen LogP contribution in [0.5, 0.6) is 0 Å². The monoisotopic (exact) mass is 384 g/mol. The summed E-state index contributed by atoms with van der Waals surface area (Å²) in [5, 5.41) is 0.785. The maximum atomic E-state index is 13.5. The number of hydrogen-bond acceptors (Lipinski definition) is 1. The summed E-state index contributed by atoms with van der Waals surface area (Å²) in [4.78, 5) is 0. The summed E-state index contributed by atoms with van der Waals surface area (Å²) in [6, 6.07) is -1.59. The second-order valence-electron chi connectivity index (χ2n) is 4.84. The average molecular weight is 384 g/mol. The van der Waals surface area contributed by atoms with Crippen LogP contribution in [-0.2, 0) is 6.42 Å². The lowest BCUT2D eigenvalue weighted by Crippen LogP contribution is -2.65. The highest BCUT2D eigenvalue weighted by atomic mass is 32.1. The number of anilines is 1. The third kappa shape index (κ3) is 3.70. The number of nitrogens with one attached hydrogen (secondary N) is 1. The molecule has 0 aliphatic heterocycles. The molecule has 0 aliphatic rings. The van der Waals surface area contributed by atoms with Crippen molar-refractivity contribution in [1.29, 1.82) is 0 Å². The van der Waals surface area contributed by atoms with E-state index in [4.69, 9.17) is 0 Å². The second kappa shape index (κ2) is 6.93. The first-order valence-corrected chi connectivity index (χ1v) is 6.92. The Hall–Kier alpha value is -1.26. The molecule has 0 aromatic heterocycles. The van der Waals surface area contributed by atoms with Gasteiger partial charge in [-0.05, 0) is 24.1 Å². The minimum Gasteiger partial charge on any atom is -0.322 e. The van der Waals surface area contributed by atoms with Gasteiger partial charge in [-0.15, -0.1) is 0 Å². The Labute approximate surface area is 136 Å². The lowest BCUT2D eigenvalue weighted by molar-refractivity contribution is -0.361. The molecule has 0 atom stereocenters. The quantitative estimate of drug-likeness (QED) is 0.473. The summed E-state index contributed by atoms with van der Waals surface area (Å²) >= 11 is 4.67. The molecule has 1 aromatic rings. The van der Waals surface area contributed by atoms with E-state index in [1.807, 2.05) is 0 Å². The van der Waals surface area contributed by atoms with E-state index in [2.05, 4.69) is 12.6 Å². The second-order valence-corrected chi connectivity index (χ2v) is 5.25. The number of hydrogen-bond donors (Lipinski definition) is 1. The van der Waals surface area contributed by atoms with Crippen molar-refractivity contribution in [2.75, 3.05) is 17.7 Å². The fraction of sp³-hybridized carbons (Fsp3) is 0.538. The maximum Gasteiger partial charge on any atom is 0.397 e. The molecule has 1 rings (SSSR count). The summed E-state index contributed by atoms with van der Waals surface area (Å²) in [6.45, 7) is -3.22. The SMILES string of the molecule is FCC(F)(F)C(F)(F)C(F)(F)C(F)(F)Nc1ccc(CC[S])cc1. The molecule has 0 saturated carbocycles. The molecule has 137 valence electrons. The molecular weight excluding hydrogens is 373 g/mol. The molecule has 0 heterocycles. The Bertz CT molecular complexity index is 545. The Morgan fingerprint density at radius 3 is 1.75 bits per heavy atom. The average Bonchev–Trinajstić information content (AvgIpc) is 2.48. The van der Waals surface area contributed by atoms with E-state index in [-0.39, 0.29) is 0 Å². The predicted octanol–water partition coefficient (Wildman–Crippen LogP) is 5.31. The Balaban J connectivity index is 3.08. The lowest BCUT2D eigenvalue weighted by Gasteiger charge is -2.36. The molecule has 0 unspecified atom stereocenters. The van der Waals surface area contributed by atoms with Crippen LogP contribution in [0.1, 0.15) is 5.56 Å². The fourth-order valence-corrected chi connectivity index (χ4v) is 1.88. The third-order valence-electron chi connectivity index (χ3n) is 3.06. The smallest absolute Gasteiger partial charge is 0.322 e. The van der Waals surface area contributed by atoms with Crippen LogP contribution < -0.4 is 5.32 Å². The zero-order chi connectivity index (χ0) is 18.8. The molecule has 0 spiro atoms. The van der Waals surface area contributed by atoms with Gasteiger partial charge in [0.15, 0.2) is 6.67 Å². The summed E-state index contributed by atoms with van der Waals surface area (Å²) < 4.78 is 117. The van der Waals surface area contributed by atoms with Crippen molar-refractivity contribution in [3.05, 3.63) is 29.8 Å². The zero-order valence-electron chi connectivity index (χ0n) is 11.7. The van der Waals surface area contributed by atoms with Gasteiger partial charge in [-0.3, -0.25) is 0 Å². The van der Waals surface area contributed by atoms with Crippen molar-refractivity contribution in [3.63, 3.8) is 0 Å². The van der Waals surface area contributed by atoms with E-state index in [1.54, 1.807) is 0 Å². The molecule has 0 aliphatic carbocycles. The molecule has 1 aromatic carbocycles. The first kappa shape index (κ1) is 20.8. The highest BCUT2D eigenvalue weighted by molar-refractivity contribution is 7.80. The van der Waals surface area contributed by atoms with Gasteiger partial charge in [-0.1, -0.05) is 24.8 Å². The van der Waals surface area contributed by atoms with Gasteiger partial charge in [-0.2, -0.15) is 35.1 Å². The van der Waals surface area contributed by atoms with Crippen molar-refractivity contribution >= 4 is 18.3 Å². The van der Waals surface area contributed by atoms with Gasteiger partial charge >= 0.3 is 23.8 Å². The van der Waals surface area contributed by atoms with E-state index in [0.29, 0.717) is 17.7 Å². The fourth-order valence-electron chi connectivity index (χ4n) is 1.64. The zero-order valence-corrected chi connectivity index (χ0v) is 12.6. The van der Waals surface area contributed by atoms with Crippen LogP contribution in [0.25, 0.3) is 0 Å². The minimum atomic E-state index is -6.62. The van der Waals surface area contributed by atoms with Crippen molar-refractivity contribution < 1.29 is 39.5 Å². The van der Waals surface area contributed by atoms with Gasteiger partial charge in [0.05, 0.1) is 0 Å². The number of rotatable bonds is 8. The van der Waals surface area contributed by atoms with Crippen LogP contribution in [0.3, 0.4) is 0 Å². The highest BCUT2D eigenvalue weighted by Gasteiger charge is 2.81. The van der Waals surface area contributed by atoms with Gasteiger partial charge in [0, 0.05) is 11.4 Å². The van der Waals surface area contributed by atoms with Gasteiger partial charge in [0.1, 0.15) is 0 Å². The van der Waals surface area contributed by atoms with Gasteiger partial charge in [0.25, 0.3) is 0 Å². The van der Waals surface area contributed by atoms with E-state index in [9.17, 15) is 39.5 Å². The lowest BCUT2D eigenvalue weighted by atomic mass is 10.0. The highest BCUT2D eigenvalue weighted by Crippen LogP contribution is 2.52. The van der Waals surface area contributed by atoms with Crippen molar-refractivity contribution in [1.82, 2.24) is 0 Å². The van der Waals surface area contributed by atoms with Crippen LogP contribution in [0.2, 0.25) is 0 Å². The first-order chi connectivity index (χ1) is 10.8. The summed E-state index contributed by atoms with van der Waals surface area (Å²) in [7, 11) is 0. The topological polar surface area (TPSA) is 12.0 Å². The molecule has 1 radical (unpaired) electrons. The van der Waals surface area contributed by atoms with Crippen molar-refractivity contribution in [2.45, 2.75) is 30.2 Å². The Morgan fingerprint density at radius 1 is 0.833 bits per heavy atom. The van der Waals surface area contributed by atoms with Crippen LogP contribution in [0, 0.1) is 0 Å². The maximum absolute atomic E-state index is 13.5. The standard InChI is InChI=1S/C13H11F9NS/c14-7-10(15,16)11(17,18)12(19,20)13(21,22)23-9-3-1-8(2-4-9)5-6-24/h1-4,23H,5-7H2. The molecule has 0 bridgehead atoms. The van der Waals surface area contributed by atoms with Crippen molar-refractivity contribution in [2.24, 2.45) is 0 Å². The van der Waals surface area contributed by atoms with Crippen LogP contribution in [0.15, 0.2) is 24.3 Å². The Kier molecular flexibility index (Phi) is 6.00. The number of alkyl halides is 9. The number of benzene rings is 1. The van der Waals surface area contributed by atoms with Crippen LogP contribution in [0.4, 0.5) is 45.2 Å². The summed E-state index contributed by atoms with van der Waals surface area (Å²) in [5.74, 6) is -18.8. The molecule has 1 nitrogen and oxygen atoms in total. The molecule has 24 heavy (non-hydrogen) atoms. The summed E-state index contributed by atoms with van der Waals surface area (Å²) in [6.07, 6.45) is 0.378. The minimum absolute atomic E-state index is 0.297. The molecular formula is C13H11F9NS. The molecule has 0 fully saturated rings. The normalized spacial score (nSPS) is 13.9. The molecule has 0 saturated heterocycles. The van der Waals surface area contributed by atoms with Crippen molar-refractivity contribution in [3.8, 4) is 0 Å². The van der Waals surface area contributed by atoms with E-state index in [1.165, 1.54) is 12.1 Å². The largest absolute Gasteiger partial charge is 0.397 e. The number of halogens is 9. The molecule has 11 heteroatoms. The van der Waals surface area contributed by atoms with Gasteiger partial charge < -0.3 is 5.32 Å². The van der Waals surface area contributed by atoms with E-state index >= 15 is 0 Å². The molecule has 0 amide bonds. The number of aryl methyl sites for hydroxylation is 1. The molecule has 1 N–H and O–H groups in total. The Morgan fingerprint density at radius 2 is 1.33 bits per heavy atom. The van der Waals surface area contributed by atoms with Gasteiger partial charge in [-0.25, -0.2) is 4.39 Å². The van der Waals surface area contributed by atoms with E-state index < -0.39 is 36.2 Å². The van der Waals surface area contributed by atoms with Crippen LogP contribution >= 0.6 is 12.6 Å². The first-order valence-electron chi connectivity index (χ1n) is 6.35. The summed E-state index contributed by atoms with van der Waals surface area (Å²) in [5.41, 5.74) is -0.146. The predicted molar refractivity (Wildman–Crippen MR) is 72.0 cm³/mol. The van der Waals surface area contributed by atoms with Crippen LogP contribution in [-0.4, -0.2) is 36.2 Å². The van der Waals surface area contributed by atoms with Gasteiger partial charge in [0.2, 0.25) is 0 Å².